The Morgan fingerprint density at radius 1 is 1.11 bits per heavy atom. The molecule has 4 aliphatic carbocycles. The lowest BCUT2D eigenvalue weighted by Crippen LogP contribution is -2.59. The molecule has 5 rings (SSSR count). The van der Waals surface area contributed by atoms with Crippen molar-refractivity contribution in [2.24, 2.45) is 44.8 Å². The van der Waals surface area contributed by atoms with Crippen molar-refractivity contribution in [1.29, 1.82) is 0 Å². The molecule has 5 aliphatic rings. The summed E-state index contributed by atoms with van der Waals surface area (Å²) in [5.41, 5.74) is 0.983. The molecular formula is C29H40N2O7. The number of nitrogens with zero attached hydrogens (tertiary/aromatic N) is 2. The molecule has 0 amide bonds. The second kappa shape index (κ2) is 9.49. The maximum absolute atomic E-state index is 13.0. The Hall–Kier alpha value is -2.71. The number of oxime groups is 2. The van der Waals surface area contributed by atoms with E-state index in [1.54, 1.807) is 6.92 Å². The van der Waals surface area contributed by atoms with Crippen LogP contribution in [-0.2, 0) is 33.5 Å². The van der Waals surface area contributed by atoms with E-state index in [1.165, 1.54) is 19.4 Å². The number of hydrogen-bond acceptors (Lipinski definition) is 9. The summed E-state index contributed by atoms with van der Waals surface area (Å²) in [6.07, 6.45) is 8.60. The van der Waals surface area contributed by atoms with Crippen molar-refractivity contribution in [3.8, 4) is 0 Å². The van der Waals surface area contributed by atoms with Crippen LogP contribution >= 0.6 is 0 Å². The Balaban J connectivity index is 1.50. The van der Waals surface area contributed by atoms with E-state index in [0.717, 1.165) is 44.9 Å². The molecule has 9 heteroatoms. The summed E-state index contributed by atoms with van der Waals surface area (Å²) in [4.78, 5) is 47.5. The third-order valence-corrected chi connectivity index (χ3v) is 10.6. The Morgan fingerprint density at radius 2 is 1.87 bits per heavy atom. The zero-order valence-corrected chi connectivity index (χ0v) is 23.4. The molecule has 0 spiro atoms. The first-order valence-electron chi connectivity index (χ1n) is 14.0. The van der Waals surface area contributed by atoms with Gasteiger partial charge in [-0.1, -0.05) is 35.8 Å². The van der Waals surface area contributed by atoms with E-state index >= 15 is 0 Å². The fourth-order valence-electron chi connectivity index (χ4n) is 8.97. The van der Waals surface area contributed by atoms with Gasteiger partial charge in [0.15, 0.2) is 11.3 Å². The second-order valence-corrected chi connectivity index (χ2v) is 12.3. The molecule has 0 N–H and O–H groups in total. The number of carbonyl (C=O) groups is 3. The van der Waals surface area contributed by atoms with Gasteiger partial charge in [0.05, 0.1) is 12.5 Å². The average Bonchev–Trinajstić information content (AvgIpc) is 3.36. The lowest BCUT2D eigenvalue weighted by molar-refractivity contribution is -0.149. The van der Waals surface area contributed by atoms with Crippen molar-refractivity contribution in [2.75, 3.05) is 6.61 Å². The van der Waals surface area contributed by atoms with Crippen LogP contribution < -0.4 is 0 Å². The molecule has 9 nitrogen and oxygen atoms in total. The molecule has 3 saturated carbocycles. The molecule has 0 unspecified atom stereocenters. The fraction of sp³-hybridized carbons (Fsp3) is 0.759. The normalized spacial score (nSPS) is 41.3. The number of fused-ring (bicyclic) bond motifs is 7. The van der Waals surface area contributed by atoms with Crippen LogP contribution in [0.3, 0.4) is 0 Å². The van der Waals surface area contributed by atoms with Gasteiger partial charge in [-0.2, -0.15) is 0 Å². The summed E-state index contributed by atoms with van der Waals surface area (Å²) in [6.45, 7) is 11.3. The number of hydrogen-bond donors (Lipinski definition) is 0. The first-order chi connectivity index (χ1) is 18.0. The highest BCUT2D eigenvalue weighted by atomic mass is 16.7. The summed E-state index contributed by atoms with van der Waals surface area (Å²) in [6, 6.07) is 0. The average molecular weight is 529 g/mol. The largest absolute Gasteiger partial charge is 0.462 e. The molecule has 0 aromatic carbocycles. The van der Waals surface area contributed by atoms with Gasteiger partial charge in [0.1, 0.15) is 11.8 Å². The van der Waals surface area contributed by atoms with Gasteiger partial charge < -0.3 is 19.1 Å². The first kappa shape index (κ1) is 26.9. The number of carbonyl (C=O) groups excluding carboxylic acids is 3. The summed E-state index contributed by atoms with van der Waals surface area (Å²) in [5.74, 6) is -0.351. The van der Waals surface area contributed by atoms with Crippen molar-refractivity contribution in [2.45, 2.75) is 98.2 Å². The maximum atomic E-state index is 13.0. The van der Waals surface area contributed by atoms with Gasteiger partial charge >= 0.3 is 17.9 Å². The van der Waals surface area contributed by atoms with Crippen molar-refractivity contribution < 1.29 is 33.5 Å². The zero-order chi connectivity index (χ0) is 27.5. The van der Waals surface area contributed by atoms with Crippen LogP contribution in [0.1, 0.15) is 86.5 Å². The minimum atomic E-state index is -0.974. The lowest BCUT2D eigenvalue weighted by Gasteiger charge is -2.58. The third-order valence-electron chi connectivity index (χ3n) is 10.6. The SMILES string of the molecule is CCOC(=O)C1=NO[C@]2(/C(C)=N/OC(C)=O)[C@H]1C[C@@H]1[C@@H]3CC=C4C[C@@H](OC(C)=O)CC[C@]4(C)[C@H]3CC[C@@]12C. The van der Waals surface area contributed by atoms with E-state index in [9.17, 15) is 14.4 Å². The molecule has 0 saturated heterocycles. The molecule has 3 fully saturated rings. The van der Waals surface area contributed by atoms with E-state index in [4.69, 9.17) is 19.1 Å². The Labute approximate surface area is 224 Å². The molecule has 1 aliphatic heterocycles. The molecule has 38 heavy (non-hydrogen) atoms. The molecule has 8 atom stereocenters. The van der Waals surface area contributed by atoms with Gasteiger partial charge in [0.25, 0.3) is 0 Å². The van der Waals surface area contributed by atoms with Crippen LogP contribution in [0.5, 0.6) is 0 Å². The third kappa shape index (κ3) is 3.82. The number of rotatable bonds is 5. The van der Waals surface area contributed by atoms with E-state index in [-0.39, 0.29) is 41.3 Å². The van der Waals surface area contributed by atoms with Crippen molar-refractivity contribution >= 4 is 29.3 Å². The molecule has 0 aromatic rings. The Kier molecular flexibility index (Phi) is 6.71. The van der Waals surface area contributed by atoms with E-state index in [1.807, 2.05) is 6.92 Å². The molecular weight excluding hydrogens is 488 g/mol. The van der Waals surface area contributed by atoms with Gasteiger partial charge in [0.2, 0.25) is 0 Å². The van der Waals surface area contributed by atoms with Crippen molar-refractivity contribution in [3.63, 3.8) is 0 Å². The van der Waals surface area contributed by atoms with Gasteiger partial charge in [0, 0.05) is 25.7 Å². The second-order valence-electron chi connectivity index (χ2n) is 12.3. The van der Waals surface area contributed by atoms with Gasteiger partial charge in [-0.25, -0.2) is 9.59 Å². The van der Waals surface area contributed by atoms with Crippen molar-refractivity contribution in [3.05, 3.63) is 11.6 Å². The predicted octanol–water partition coefficient (Wildman–Crippen LogP) is 4.73. The van der Waals surface area contributed by atoms with Crippen LogP contribution in [0.25, 0.3) is 0 Å². The van der Waals surface area contributed by atoms with Gasteiger partial charge in [-0.05, 0) is 75.5 Å². The summed E-state index contributed by atoms with van der Waals surface area (Å²) >= 11 is 0. The molecule has 0 aromatic heterocycles. The fourth-order valence-corrected chi connectivity index (χ4v) is 8.97. The number of allylic oxidation sites excluding steroid dienone is 1. The standard InChI is InChI=1S/C29H40N2O7/c1-7-35-26(34)25-24-15-23-21-9-8-19-14-20(36-17(3)32)10-12-27(19,5)22(21)11-13-28(23,6)29(24,38-31-25)16(2)30-37-18(4)33/h8,20-24H,7,9-15H2,1-6H3/b30-16+/t20-,21+,22-,23+,24-,27-,28-,29+/m0/s1. The quantitative estimate of drug-likeness (QED) is 0.167. The first-order valence-corrected chi connectivity index (χ1v) is 14.0. The van der Waals surface area contributed by atoms with E-state index in [2.05, 4.69) is 30.2 Å². The molecule has 208 valence electrons. The van der Waals surface area contributed by atoms with Crippen LogP contribution in [0.15, 0.2) is 22.0 Å². The zero-order valence-electron chi connectivity index (χ0n) is 23.4. The summed E-state index contributed by atoms with van der Waals surface area (Å²) < 4.78 is 10.9. The Bertz CT molecular complexity index is 1130. The van der Waals surface area contributed by atoms with Crippen LogP contribution in [0.4, 0.5) is 0 Å². The monoisotopic (exact) mass is 528 g/mol. The highest BCUT2D eigenvalue weighted by molar-refractivity contribution is 6.38. The van der Waals surface area contributed by atoms with Crippen molar-refractivity contribution in [1.82, 2.24) is 0 Å². The minimum absolute atomic E-state index is 0.0387. The Morgan fingerprint density at radius 3 is 2.55 bits per heavy atom. The van der Waals surface area contributed by atoms with Crippen LogP contribution in [0.2, 0.25) is 0 Å². The molecule has 0 radical (unpaired) electrons. The topological polar surface area (TPSA) is 113 Å². The summed E-state index contributed by atoms with van der Waals surface area (Å²) in [5, 5.41) is 8.47. The predicted molar refractivity (Wildman–Crippen MR) is 139 cm³/mol. The minimum Gasteiger partial charge on any atom is -0.462 e. The maximum Gasteiger partial charge on any atom is 0.356 e. The van der Waals surface area contributed by atoms with Gasteiger partial charge in [-0.3, -0.25) is 4.79 Å². The van der Waals surface area contributed by atoms with E-state index < -0.39 is 17.5 Å². The number of esters is 2. The molecule has 1 heterocycles. The number of ether oxygens (including phenoxy) is 2. The van der Waals surface area contributed by atoms with Gasteiger partial charge in [-0.15, -0.1) is 0 Å². The lowest BCUT2D eigenvalue weighted by atomic mass is 9.46. The highest BCUT2D eigenvalue weighted by Crippen LogP contribution is 2.70. The highest BCUT2D eigenvalue weighted by Gasteiger charge is 2.74. The smallest absolute Gasteiger partial charge is 0.356 e. The molecule has 0 bridgehead atoms. The van der Waals surface area contributed by atoms with Crippen LogP contribution in [-0.4, -0.2) is 47.6 Å². The van der Waals surface area contributed by atoms with E-state index in [0.29, 0.717) is 23.3 Å². The summed E-state index contributed by atoms with van der Waals surface area (Å²) in [7, 11) is 0. The van der Waals surface area contributed by atoms with Crippen LogP contribution in [0, 0.1) is 34.5 Å².